The summed E-state index contributed by atoms with van der Waals surface area (Å²) in [6.45, 7) is 6.14. The third kappa shape index (κ3) is 13.9. The molecule has 0 unspecified atom stereocenters. The molecule has 2 nitrogen and oxygen atoms in total. The molecule has 2 heteroatoms. The highest BCUT2D eigenvalue weighted by Gasteiger charge is 2.04. The molecule has 0 amide bonds. The third-order valence-electron chi connectivity index (χ3n) is 5.36. The standard InChI is InChI=1S/C26H46O2/c1-3-5-7-9-11-13-15-19-23-27-25-21-17-18-22-26(25)28-24-20-16-14-12-10-8-6-4-2/h17-18,21-22H,3-16,19-20,23-24H2,1-2H3. The second-order valence-corrected chi connectivity index (χ2v) is 8.09. The molecule has 1 aromatic rings. The van der Waals surface area contributed by atoms with Gasteiger partial charge in [-0.3, -0.25) is 0 Å². The number of benzene rings is 1. The first-order chi connectivity index (χ1) is 13.9. The van der Waals surface area contributed by atoms with Crippen LogP contribution in [-0.2, 0) is 0 Å². The normalized spacial score (nSPS) is 10.9. The van der Waals surface area contributed by atoms with Gasteiger partial charge in [-0.15, -0.1) is 0 Å². The number of rotatable bonds is 20. The zero-order chi connectivity index (χ0) is 20.1. The highest BCUT2D eigenvalue weighted by molar-refractivity contribution is 5.39. The Morgan fingerprint density at radius 2 is 0.786 bits per heavy atom. The highest BCUT2D eigenvalue weighted by Crippen LogP contribution is 2.27. The Kier molecular flexibility index (Phi) is 17.0. The third-order valence-corrected chi connectivity index (χ3v) is 5.36. The lowest BCUT2D eigenvalue weighted by atomic mass is 10.1. The molecule has 0 bridgehead atoms. The molecule has 0 aliphatic carbocycles. The van der Waals surface area contributed by atoms with E-state index in [0.717, 1.165) is 37.6 Å². The van der Waals surface area contributed by atoms with Gasteiger partial charge in [-0.05, 0) is 25.0 Å². The lowest BCUT2D eigenvalue weighted by molar-refractivity contribution is 0.258. The number of para-hydroxylation sites is 2. The fraction of sp³-hybridized carbons (Fsp3) is 0.769. The van der Waals surface area contributed by atoms with Gasteiger partial charge in [0.05, 0.1) is 13.2 Å². The van der Waals surface area contributed by atoms with Crippen molar-refractivity contribution < 1.29 is 9.47 Å². The quantitative estimate of drug-likeness (QED) is 0.207. The topological polar surface area (TPSA) is 18.5 Å². The lowest BCUT2D eigenvalue weighted by Crippen LogP contribution is -2.02. The molecule has 0 fully saturated rings. The Labute approximate surface area is 175 Å². The van der Waals surface area contributed by atoms with E-state index in [0.29, 0.717) is 0 Å². The van der Waals surface area contributed by atoms with Gasteiger partial charge < -0.3 is 9.47 Å². The molecular formula is C26H46O2. The molecule has 0 aromatic heterocycles. The highest BCUT2D eigenvalue weighted by atomic mass is 16.5. The van der Waals surface area contributed by atoms with Crippen molar-refractivity contribution in [2.24, 2.45) is 0 Å². The van der Waals surface area contributed by atoms with Crippen molar-refractivity contribution >= 4 is 0 Å². The van der Waals surface area contributed by atoms with Crippen LogP contribution in [0, 0.1) is 0 Å². The summed E-state index contributed by atoms with van der Waals surface area (Å²) < 4.78 is 12.0. The molecule has 1 aromatic carbocycles. The first kappa shape index (κ1) is 24.9. The van der Waals surface area contributed by atoms with Gasteiger partial charge in [0.25, 0.3) is 0 Å². The largest absolute Gasteiger partial charge is 0.490 e. The van der Waals surface area contributed by atoms with Gasteiger partial charge in [0.15, 0.2) is 11.5 Å². The molecule has 1 rings (SSSR count). The number of ether oxygens (including phenoxy) is 2. The van der Waals surface area contributed by atoms with Gasteiger partial charge in [0, 0.05) is 0 Å². The van der Waals surface area contributed by atoms with E-state index >= 15 is 0 Å². The van der Waals surface area contributed by atoms with Crippen LogP contribution in [0.5, 0.6) is 11.5 Å². The average Bonchev–Trinajstić information content (AvgIpc) is 2.72. The second kappa shape index (κ2) is 19.2. The lowest BCUT2D eigenvalue weighted by Gasteiger charge is -2.12. The zero-order valence-corrected chi connectivity index (χ0v) is 18.9. The van der Waals surface area contributed by atoms with Crippen molar-refractivity contribution in [3.8, 4) is 11.5 Å². The molecule has 0 saturated heterocycles. The maximum absolute atomic E-state index is 5.99. The minimum atomic E-state index is 0.799. The summed E-state index contributed by atoms with van der Waals surface area (Å²) in [5.74, 6) is 1.81. The molecule has 0 aliphatic heterocycles. The maximum Gasteiger partial charge on any atom is 0.161 e. The van der Waals surface area contributed by atoms with Crippen molar-refractivity contribution in [2.75, 3.05) is 13.2 Å². The van der Waals surface area contributed by atoms with E-state index in [1.807, 2.05) is 24.3 Å². The molecule has 0 saturated carbocycles. The minimum absolute atomic E-state index is 0.799. The summed E-state index contributed by atoms with van der Waals surface area (Å²) in [4.78, 5) is 0. The Morgan fingerprint density at radius 1 is 0.464 bits per heavy atom. The molecule has 28 heavy (non-hydrogen) atoms. The molecule has 162 valence electrons. The zero-order valence-electron chi connectivity index (χ0n) is 18.9. The Bertz CT molecular complexity index is 403. The minimum Gasteiger partial charge on any atom is -0.490 e. The van der Waals surface area contributed by atoms with Crippen LogP contribution in [0.1, 0.15) is 117 Å². The Balaban J connectivity index is 2.06. The molecule has 0 heterocycles. The smallest absolute Gasteiger partial charge is 0.161 e. The van der Waals surface area contributed by atoms with Gasteiger partial charge >= 0.3 is 0 Å². The van der Waals surface area contributed by atoms with E-state index in [-0.39, 0.29) is 0 Å². The van der Waals surface area contributed by atoms with Crippen LogP contribution < -0.4 is 9.47 Å². The van der Waals surface area contributed by atoms with Gasteiger partial charge in [-0.2, -0.15) is 0 Å². The van der Waals surface area contributed by atoms with Crippen LogP contribution in [0.25, 0.3) is 0 Å². The number of hydrogen-bond acceptors (Lipinski definition) is 2. The van der Waals surface area contributed by atoms with Crippen LogP contribution in [0.2, 0.25) is 0 Å². The van der Waals surface area contributed by atoms with Crippen LogP contribution >= 0.6 is 0 Å². The van der Waals surface area contributed by atoms with E-state index < -0.39 is 0 Å². The van der Waals surface area contributed by atoms with E-state index in [4.69, 9.17) is 9.47 Å². The van der Waals surface area contributed by atoms with Gasteiger partial charge in [0.2, 0.25) is 0 Å². The molecule has 0 atom stereocenters. The second-order valence-electron chi connectivity index (χ2n) is 8.09. The summed E-state index contributed by atoms with van der Waals surface area (Å²) in [6.07, 6.45) is 21.3. The van der Waals surface area contributed by atoms with Gasteiger partial charge in [-0.25, -0.2) is 0 Å². The molecule has 0 aliphatic rings. The average molecular weight is 391 g/mol. The van der Waals surface area contributed by atoms with E-state index in [9.17, 15) is 0 Å². The first-order valence-corrected chi connectivity index (χ1v) is 12.2. The first-order valence-electron chi connectivity index (χ1n) is 12.2. The number of hydrogen-bond donors (Lipinski definition) is 0. The summed E-state index contributed by atoms with van der Waals surface area (Å²) in [5, 5.41) is 0. The van der Waals surface area contributed by atoms with Crippen molar-refractivity contribution in [1.29, 1.82) is 0 Å². The molecule has 0 spiro atoms. The fourth-order valence-electron chi connectivity index (χ4n) is 3.52. The van der Waals surface area contributed by atoms with Gasteiger partial charge in [-0.1, -0.05) is 116 Å². The molecule has 0 N–H and O–H groups in total. The number of unbranched alkanes of at least 4 members (excludes halogenated alkanes) is 14. The van der Waals surface area contributed by atoms with Crippen molar-refractivity contribution in [3.05, 3.63) is 24.3 Å². The fourth-order valence-corrected chi connectivity index (χ4v) is 3.52. The van der Waals surface area contributed by atoms with Crippen molar-refractivity contribution in [2.45, 2.75) is 117 Å². The van der Waals surface area contributed by atoms with Crippen LogP contribution in [0.15, 0.2) is 24.3 Å². The molecular weight excluding hydrogens is 344 g/mol. The maximum atomic E-state index is 5.99. The molecule has 0 radical (unpaired) electrons. The van der Waals surface area contributed by atoms with Crippen LogP contribution in [0.3, 0.4) is 0 Å². The Morgan fingerprint density at radius 3 is 1.14 bits per heavy atom. The summed E-state index contributed by atoms with van der Waals surface area (Å²) in [7, 11) is 0. The Hall–Kier alpha value is -1.18. The van der Waals surface area contributed by atoms with E-state index in [1.165, 1.54) is 89.9 Å². The van der Waals surface area contributed by atoms with Crippen LogP contribution in [0.4, 0.5) is 0 Å². The van der Waals surface area contributed by atoms with E-state index in [1.54, 1.807) is 0 Å². The summed E-state index contributed by atoms with van der Waals surface area (Å²) in [5.41, 5.74) is 0. The van der Waals surface area contributed by atoms with Crippen molar-refractivity contribution in [3.63, 3.8) is 0 Å². The van der Waals surface area contributed by atoms with Crippen LogP contribution in [-0.4, -0.2) is 13.2 Å². The predicted octanol–water partition coefficient (Wildman–Crippen LogP) is 8.73. The van der Waals surface area contributed by atoms with E-state index in [2.05, 4.69) is 13.8 Å². The summed E-state index contributed by atoms with van der Waals surface area (Å²) >= 11 is 0. The van der Waals surface area contributed by atoms with Crippen molar-refractivity contribution in [1.82, 2.24) is 0 Å². The monoisotopic (exact) mass is 390 g/mol. The predicted molar refractivity (Wildman–Crippen MR) is 123 cm³/mol. The summed E-state index contributed by atoms with van der Waals surface area (Å²) in [6, 6.07) is 8.14. The van der Waals surface area contributed by atoms with Gasteiger partial charge in [0.1, 0.15) is 0 Å². The SMILES string of the molecule is CCCCCCCCCCOc1ccccc1OCCCCCCCCCC.